The van der Waals surface area contributed by atoms with Gasteiger partial charge in [0.1, 0.15) is 0 Å². The zero-order valence-electron chi connectivity index (χ0n) is 56.7. The SMILES string of the molecule is CCCCCCCCCCCCC/C=C/C(O)C(CO)NC(=O)CCCCCCCCCCCCCCCCCCCCCCCCCCCCCCCCCCCCCCCOC(=O)CCCCCCCCCCCCCCCCCC. The summed E-state index contributed by atoms with van der Waals surface area (Å²) in [6, 6.07) is -0.622. The number of aliphatic hydroxyl groups excluding tert-OH is 2. The molecule has 2 unspecified atom stereocenters. The molecule has 0 heterocycles. The molecule has 0 fully saturated rings. The number of allylic oxidation sites excluding steroid dienone is 1. The summed E-state index contributed by atoms with van der Waals surface area (Å²) in [5, 5.41) is 23.1. The Morgan fingerprint density at radius 3 is 0.819 bits per heavy atom. The highest BCUT2D eigenvalue weighted by Crippen LogP contribution is 2.20. The average molecular weight is 1170 g/mol. The lowest BCUT2D eigenvalue weighted by molar-refractivity contribution is -0.143. The molecule has 0 bridgehead atoms. The van der Waals surface area contributed by atoms with E-state index in [1.807, 2.05) is 6.08 Å². The van der Waals surface area contributed by atoms with Gasteiger partial charge in [0.05, 0.1) is 25.4 Å². The molecule has 0 rings (SSSR count). The van der Waals surface area contributed by atoms with Crippen molar-refractivity contribution < 1.29 is 24.5 Å². The van der Waals surface area contributed by atoms with Crippen LogP contribution in [0.25, 0.3) is 0 Å². The number of carbonyl (C=O) groups is 2. The van der Waals surface area contributed by atoms with E-state index in [0.717, 1.165) is 38.5 Å². The third-order valence-electron chi connectivity index (χ3n) is 18.3. The van der Waals surface area contributed by atoms with Crippen LogP contribution in [0, 0.1) is 0 Å². The molecule has 0 aromatic rings. The van der Waals surface area contributed by atoms with Crippen LogP contribution in [0.15, 0.2) is 12.2 Å². The fourth-order valence-electron chi connectivity index (χ4n) is 12.5. The predicted molar refractivity (Wildman–Crippen MR) is 366 cm³/mol. The van der Waals surface area contributed by atoms with Crippen LogP contribution in [0.4, 0.5) is 0 Å². The summed E-state index contributed by atoms with van der Waals surface area (Å²) < 4.78 is 5.51. The second-order valence-electron chi connectivity index (χ2n) is 26.7. The highest BCUT2D eigenvalue weighted by molar-refractivity contribution is 5.76. The summed E-state index contributed by atoms with van der Waals surface area (Å²) >= 11 is 0. The van der Waals surface area contributed by atoms with Gasteiger partial charge in [0.2, 0.25) is 5.91 Å². The minimum Gasteiger partial charge on any atom is -0.466 e. The van der Waals surface area contributed by atoms with Gasteiger partial charge in [0, 0.05) is 12.8 Å². The molecule has 0 radical (unpaired) electrons. The van der Waals surface area contributed by atoms with Crippen molar-refractivity contribution in [1.82, 2.24) is 5.32 Å². The predicted octanol–water partition coefficient (Wildman–Crippen LogP) is 25.1. The van der Waals surface area contributed by atoms with Crippen LogP contribution in [0.1, 0.15) is 444 Å². The van der Waals surface area contributed by atoms with Gasteiger partial charge in [0.25, 0.3) is 0 Å². The number of hydrogen-bond acceptors (Lipinski definition) is 5. The molecular formula is C77H151NO5. The molecule has 0 aliphatic rings. The highest BCUT2D eigenvalue weighted by Gasteiger charge is 2.18. The molecule has 0 aliphatic carbocycles. The average Bonchev–Trinajstić information content (AvgIpc) is 3.49. The van der Waals surface area contributed by atoms with Crippen molar-refractivity contribution in [3.8, 4) is 0 Å². The van der Waals surface area contributed by atoms with Gasteiger partial charge in [-0.3, -0.25) is 9.59 Å². The highest BCUT2D eigenvalue weighted by atomic mass is 16.5. The second kappa shape index (κ2) is 73.1. The normalized spacial score (nSPS) is 12.5. The van der Waals surface area contributed by atoms with E-state index in [2.05, 4.69) is 19.2 Å². The summed E-state index contributed by atoms with van der Waals surface area (Å²) in [7, 11) is 0. The number of unbranched alkanes of at least 4 members (excludes halogenated alkanes) is 62. The first kappa shape index (κ1) is 81.6. The standard InChI is InChI=1S/C77H151NO5/c1-3-5-7-9-11-13-15-17-18-43-47-51-55-59-63-67-71-77(82)83-72-68-64-60-56-52-48-44-41-39-37-35-33-31-29-27-25-23-21-19-20-22-24-26-28-30-32-34-36-38-40-42-46-50-54-58-62-66-70-76(81)78-74(73-79)75(80)69-65-61-57-53-49-45-16-14-12-10-8-6-4-2/h65,69,74-75,79-80H,3-64,66-68,70-73H2,1-2H3,(H,78,81)/b69-65+. The maximum absolute atomic E-state index is 12.5. The van der Waals surface area contributed by atoms with Crippen LogP contribution >= 0.6 is 0 Å². The van der Waals surface area contributed by atoms with Gasteiger partial charge in [-0.2, -0.15) is 0 Å². The Balaban J connectivity index is 3.28. The third-order valence-corrected chi connectivity index (χ3v) is 18.3. The smallest absolute Gasteiger partial charge is 0.305 e. The second-order valence-corrected chi connectivity index (χ2v) is 26.7. The molecule has 1 amide bonds. The van der Waals surface area contributed by atoms with Crippen LogP contribution < -0.4 is 5.32 Å². The molecule has 0 saturated carbocycles. The number of aliphatic hydroxyl groups is 2. The summed E-state index contributed by atoms with van der Waals surface area (Å²) in [5.41, 5.74) is 0. The maximum atomic E-state index is 12.5. The molecule has 0 aromatic heterocycles. The molecule has 2 atom stereocenters. The summed E-state index contributed by atoms with van der Waals surface area (Å²) in [4.78, 5) is 24.6. The zero-order chi connectivity index (χ0) is 59.9. The Hall–Kier alpha value is -1.40. The molecule has 83 heavy (non-hydrogen) atoms. The van der Waals surface area contributed by atoms with Crippen molar-refractivity contribution in [1.29, 1.82) is 0 Å². The van der Waals surface area contributed by atoms with Crippen molar-refractivity contribution in [2.45, 2.75) is 456 Å². The number of rotatable bonds is 73. The van der Waals surface area contributed by atoms with Gasteiger partial charge in [-0.25, -0.2) is 0 Å². The first-order valence-electron chi connectivity index (χ1n) is 38.5. The van der Waals surface area contributed by atoms with Crippen LogP contribution in [0.5, 0.6) is 0 Å². The van der Waals surface area contributed by atoms with E-state index in [1.165, 1.54) is 379 Å². The fraction of sp³-hybridized carbons (Fsp3) is 0.948. The topological polar surface area (TPSA) is 95.9 Å². The lowest BCUT2D eigenvalue weighted by Gasteiger charge is -2.20. The van der Waals surface area contributed by atoms with E-state index in [-0.39, 0.29) is 18.5 Å². The number of ether oxygens (including phenoxy) is 1. The molecule has 0 saturated heterocycles. The number of amides is 1. The van der Waals surface area contributed by atoms with Gasteiger partial charge >= 0.3 is 5.97 Å². The molecule has 6 heteroatoms. The van der Waals surface area contributed by atoms with Crippen LogP contribution in [0.2, 0.25) is 0 Å². The molecule has 6 nitrogen and oxygen atoms in total. The van der Waals surface area contributed by atoms with Crippen molar-refractivity contribution in [3.05, 3.63) is 12.2 Å². The molecule has 494 valence electrons. The van der Waals surface area contributed by atoms with Gasteiger partial charge in [-0.05, 0) is 32.1 Å². The zero-order valence-corrected chi connectivity index (χ0v) is 56.7. The monoisotopic (exact) mass is 1170 g/mol. The lowest BCUT2D eigenvalue weighted by Crippen LogP contribution is -2.45. The van der Waals surface area contributed by atoms with E-state index in [4.69, 9.17) is 4.74 Å². The summed E-state index contributed by atoms with van der Waals surface area (Å²) in [6.07, 6.45) is 92.0. The van der Waals surface area contributed by atoms with E-state index >= 15 is 0 Å². The molecule has 3 N–H and O–H groups in total. The molecule has 0 aromatic carbocycles. The third kappa shape index (κ3) is 69.6. The van der Waals surface area contributed by atoms with Crippen molar-refractivity contribution >= 4 is 11.9 Å². The lowest BCUT2D eigenvalue weighted by atomic mass is 10.0. The van der Waals surface area contributed by atoms with Crippen molar-refractivity contribution in [2.24, 2.45) is 0 Å². The summed E-state index contributed by atoms with van der Waals surface area (Å²) in [5.74, 6) is -0.0322. The largest absolute Gasteiger partial charge is 0.466 e. The summed E-state index contributed by atoms with van der Waals surface area (Å²) in [6.45, 7) is 4.95. The Labute approximate surface area is 520 Å². The van der Waals surface area contributed by atoms with Crippen LogP contribution in [0.3, 0.4) is 0 Å². The van der Waals surface area contributed by atoms with E-state index in [1.54, 1.807) is 6.08 Å². The number of esters is 1. The fourth-order valence-corrected chi connectivity index (χ4v) is 12.5. The van der Waals surface area contributed by atoms with E-state index in [0.29, 0.717) is 19.4 Å². The Morgan fingerprint density at radius 2 is 0.554 bits per heavy atom. The Kier molecular flexibility index (Phi) is 71.8. The Bertz CT molecular complexity index is 1260. The van der Waals surface area contributed by atoms with Crippen molar-refractivity contribution in [3.63, 3.8) is 0 Å². The first-order chi connectivity index (χ1) is 41.0. The van der Waals surface area contributed by atoms with Crippen LogP contribution in [-0.2, 0) is 14.3 Å². The van der Waals surface area contributed by atoms with E-state index in [9.17, 15) is 19.8 Å². The van der Waals surface area contributed by atoms with Crippen LogP contribution in [-0.4, -0.2) is 47.4 Å². The molecule has 0 spiro atoms. The number of carbonyl (C=O) groups excluding carboxylic acids is 2. The molecular weight excluding hydrogens is 1020 g/mol. The minimum atomic E-state index is -0.839. The Morgan fingerprint density at radius 1 is 0.325 bits per heavy atom. The van der Waals surface area contributed by atoms with Gasteiger partial charge in [-0.1, -0.05) is 411 Å². The molecule has 0 aliphatic heterocycles. The maximum Gasteiger partial charge on any atom is 0.305 e. The van der Waals surface area contributed by atoms with Gasteiger partial charge < -0.3 is 20.3 Å². The number of nitrogens with one attached hydrogen (secondary N) is 1. The number of hydrogen-bond donors (Lipinski definition) is 3. The minimum absolute atomic E-state index is 0.0277. The quantitative estimate of drug-likeness (QED) is 0.0320. The van der Waals surface area contributed by atoms with E-state index < -0.39 is 12.1 Å². The van der Waals surface area contributed by atoms with Gasteiger partial charge in [0.15, 0.2) is 0 Å². The van der Waals surface area contributed by atoms with Crippen molar-refractivity contribution in [2.75, 3.05) is 13.2 Å². The first-order valence-corrected chi connectivity index (χ1v) is 38.5. The van der Waals surface area contributed by atoms with Gasteiger partial charge in [-0.15, -0.1) is 0 Å².